The third-order valence-electron chi connectivity index (χ3n) is 2.22. The van der Waals surface area contributed by atoms with Crippen LogP contribution in [0.2, 0.25) is 0 Å². The lowest BCUT2D eigenvalue weighted by molar-refractivity contribution is 0.112. The summed E-state index contributed by atoms with van der Waals surface area (Å²) in [7, 11) is 0. The Hall–Kier alpha value is -1.19. The number of thiophene rings is 1. The first-order valence-corrected chi connectivity index (χ1v) is 5.15. The normalized spacial score (nSPS) is 10.7. The van der Waals surface area contributed by atoms with Crippen LogP contribution >= 0.6 is 11.3 Å². The van der Waals surface area contributed by atoms with Gasteiger partial charge in [-0.25, -0.2) is 0 Å². The standard InChI is InChI=1S/C11H10O2S/c1-7-2-8(5-12)3-11-10(7)4-9(6-13)14-11/h2-4,6,12H,5H2,1H3. The predicted molar refractivity (Wildman–Crippen MR) is 57.9 cm³/mol. The molecule has 0 saturated heterocycles. The Morgan fingerprint density at radius 1 is 1.43 bits per heavy atom. The van der Waals surface area contributed by atoms with Crippen LogP contribution in [-0.4, -0.2) is 11.4 Å². The minimum absolute atomic E-state index is 0.0467. The number of rotatable bonds is 2. The molecular weight excluding hydrogens is 196 g/mol. The third kappa shape index (κ3) is 1.45. The minimum Gasteiger partial charge on any atom is -0.392 e. The fourth-order valence-corrected chi connectivity index (χ4v) is 2.57. The molecule has 0 aliphatic carbocycles. The van der Waals surface area contributed by atoms with Gasteiger partial charge in [-0.3, -0.25) is 4.79 Å². The van der Waals surface area contributed by atoms with E-state index in [1.807, 2.05) is 25.1 Å². The van der Waals surface area contributed by atoms with Crippen molar-refractivity contribution in [2.24, 2.45) is 0 Å². The van der Waals surface area contributed by atoms with E-state index in [1.165, 1.54) is 11.3 Å². The number of hydrogen-bond acceptors (Lipinski definition) is 3. The van der Waals surface area contributed by atoms with Crippen molar-refractivity contribution < 1.29 is 9.90 Å². The Kier molecular flexibility index (Phi) is 2.35. The number of hydrogen-bond donors (Lipinski definition) is 1. The molecule has 1 heterocycles. The lowest BCUT2D eigenvalue weighted by atomic mass is 10.1. The molecule has 1 aromatic carbocycles. The number of aliphatic hydroxyl groups is 1. The highest BCUT2D eigenvalue weighted by Gasteiger charge is 2.05. The molecule has 0 radical (unpaired) electrons. The summed E-state index contributed by atoms with van der Waals surface area (Å²) in [5.74, 6) is 0. The molecule has 0 fully saturated rings. The van der Waals surface area contributed by atoms with Crippen LogP contribution in [0.5, 0.6) is 0 Å². The Balaban J connectivity index is 2.73. The molecule has 0 spiro atoms. The van der Waals surface area contributed by atoms with Gasteiger partial charge in [0.1, 0.15) is 0 Å². The van der Waals surface area contributed by atoms with Crippen LogP contribution in [0.15, 0.2) is 18.2 Å². The highest BCUT2D eigenvalue weighted by Crippen LogP contribution is 2.28. The zero-order valence-corrected chi connectivity index (χ0v) is 8.60. The Bertz CT molecular complexity index is 485. The van der Waals surface area contributed by atoms with E-state index in [-0.39, 0.29) is 6.61 Å². The van der Waals surface area contributed by atoms with E-state index >= 15 is 0 Å². The highest BCUT2D eigenvalue weighted by atomic mass is 32.1. The van der Waals surface area contributed by atoms with Crippen molar-refractivity contribution in [2.75, 3.05) is 0 Å². The average Bonchev–Trinajstić information content (AvgIpc) is 2.61. The summed E-state index contributed by atoms with van der Waals surface area (Å²) < 4.78 is 1.07. The predicted octanol–water partition coefficient (Wildman–Crippen LogP) is 2.51. The van der Waals surface area contributed by atoms with Gasteiger partial charge in [-0.15, -0.1) is 11.3 Å². The summed E-state index contributed by atoms with van der Waals surface area (Å²) in [5, 5.41) is 10.1. The zero-order chi connectivity index (χ0) is 10.1. The molecule has 0 bridgehead atoms. The van der Waals surface area contributed by atoms with E-state index in [2.05, 4.69) is 0 Å². The molecule has 3 heteroatoms. The van der Waals surface area contributed by atoms with E-state index in [9.17, 15) is 4.79 Å². The second-order valence-electron chi connectivity index (χ2n) is 3.25. The molecule has 2 aromatic rings. The number of aliphatic hydroxyl groups excluding tert-OH is 1. The van der Waals surface area contributed by atoms with Gasteiger partial charge < -0.3 is 5.11 Å². The van der Waals surface area contributed by atoms with Gasteiger partial charge in [0.25, 0.3) is 0 Å². The molecule has 0 aliphatic heterocycles. The minimum atomic E-state index is 0.0467. The number of aldehydes is 1. The first kappa shape index (κ1) is 9.37. The number of benzene rings is 1. The van der Waals surface area contributed by atoms with E-state index in [0.29, 0.717) is 0 Å². The molecule has 2 rings (SSSR count). The van der Waals surface area contributed by atoms with Gasteiger partial charge in [-0.05, 0) is 35.6 Å². The second kappa shape index (κ2) is 3.52. The van der Waals surface area contributed by atoms with Crippen molar-refractivity contribution in [2.45, 2.75) is 13.5 Å². The van der Waals surface area contributed by atoms with E-state index < -0.39 is 0 Å². The lowest BCUT2D eigenvalue weighted by Crippen LogP contribution is -1.83. The molecular formula is C11H10O2S. The molecule has 1 aromatic heterocycles. The zero-order valence-electron chi connectivity index (χ0n) is 7.78. The summed E-state index contributed by atoms with van der Waals surface area (Å²) in [4.78, 5) is 11.3. The number of fused-ring (bicyclic) bond motifs is 1. The topological polar surface area (TPSA) is 37.3 Å². The summed E-state index contributed by atoms with van der Waals surface area (Å²) in [6.45, 7) is 2.04. The molecule has 14 heavy (non-hydrogen) atoms. The van der Waals surface area contributed by atoms with Gasteiger partial charge in [0.2, 0.25) is 0 Å². The fraction of sp³-hybridized carbons (Fsp3) is 0.182. The fourth-order valence-electron chi connectivity index (χ4n) is 1.56. The Morgan fingerprint density at radius 2 is 2.21 bits per heavy atom. The summed E-state index contributed by atoms with van der Waals surface area (Å²) in [6, 6.07) is 5.77. The van der Waals surface area contributed by atoms with Gasteiger partial charge >= 0.3 is 0 Å². The van der Waals surface area contributed by atoms with Gasteiger partial charge in [-0.1, -0.05) is 6.07 Å². The average molecular weight is 206 g/mol. The molecule has 2 nitrogen and oxygen atoms in total. The Labute approximate surface area is 85.8 Å². The summed E-state index contributed by atoms with van der Waals surface area (Å²) in [5.41, 5.74) is 2.00. The molecule has 0 unspecified atom stereocenters. The number of aryl methyl sites for hydroxylation is 1. The maximum absolute atomic E-state index is 10.6. The van der Waals surface area contributed by atoms with E-state index in [1.54, 1.807) is 0 Å². The van der Waals surface area contributed by atoms with Crippen LogP contribution in [0.1, 0.15) is 20.8 Å². The SMILES string of the molecule is Cc1cc(CO)cc2sc(C=O)cc12. The summed E-state index contributed by atoms with van der Waals surface area (Å²) >= 11 is 1.46. The first-order valence-electron chi connectivity index (χ1n) is 4.33. The Morgan fingerprint density at radius 3 is 2.86 bits per heavy atom. The molecule has 0 atom stereocenters. The quantitative estimate of drug-likeness (QED) is 0.766. The van der Waals surface area contributed by atoms with Crippen molar-refractivity contribution >= 4 is 27.7 Å². The highest BCUT2D eigenvalue weighted by molar-refractivity contribution is 7.20. The maximum atomic E-state index is 10.6. The number of carbonyl (C=O) groups is 1. The van der Waals surface area contributed by atoms with Crippen molar-refractivity contribution in [3.63, 3.8) is 0 Å². The summed E-state index contributed by atoms with van der Waals surface area (Å²) in [6.07, 6.45) is 0.864. The van der Waals surface area contributed by atoms with E-state index in [0.717, 1.165) is 32.4 Å². The monoisotopic (exact) mass is 206 g/mol. The van der Waals surface area contributed by atoms with Crippen molar-refractivity contribution in [3.8, 4) is 0 Å². The molecule has 0 saturated carbocycles. The van der Waals surface area contributed by atoms with E-state index in [4.69, 9.17) is 5.11 Å². The lowest BCUT2D eigenvalue weighted by Gasteiger charge is -1.99. The molecule has 1 N–H and O–H groups in total. The van der Waals surface area contributed by atoms with Crippen LogP contribution < -0.4 is 0 Å². The van der Waals surface area contributed by atoms with Crippen LogP contribution in [-0.2, 0) is 6.61 Å². The molecule has 0 amide bonds. The van der Waals surface area contributed by atoms with Crippen molar-refractivity contribution in [1.29, 1.82) is 0 Å². The van der Waals surface area contributed by atoms with Crippen LogP contribution in [0.3, 0.4) is 0 Å². The molecule has 0 aliphatic rings. The van der Waals surface area contributed by atoms with Crippen LogP contribution in [0.4, 0.5) is 0 Å². The van der Waals surface area contributed by atoms with Gasteiger partial charge in [0.15, 0.2) is 6.29 Å². The van der Waals surface area contributed by atoms with Gasteiger partial charge in [0, 0.05) is 4.70 Å². The van der Waals surface area contributed by atoms with Crippen molar-refractivity contribution in [3.05, 3.63) is 34.2 Å². The van der Waals surface area contributed by atoms with Gasteiger partial charge in [0.05, 0.1) is 11.5 Å². The smallest absolute Gasteiger partial charge is 0.160 e. The number of carbonyl (C=O) groups excluding carboxylic acids is 1. The molecule has 72 valence electrons. The third-order valence-corrected chi connectivity index (χ3v) is 3.23. The second-order valence-corrected chi connectivity index (χ2v) is 4.36. The first-order chi connectivity index (χ1) is 6.74. The van der Waals surface area contributed by atoms with Gasteiger partial charge in [-0.2, -0.15) is 0 Å². The van der Waals surface area contributed by atoms with Crippen molar-refractivity contribution in [1.82, 2.24) is 0 Å². The maximum Gasteiger partial charge on any atom is 0.160 e. The van der Waals surface area contributed by atoms with Crippen LogP contribution in [0, 0.1) is 6.92 Å². The largest absolute Gasteiger partial charge is 0.392 e. The van der Waals surface area contributed by atoms with Crippen LogP contribution in [0.25, 0.3) is 10.1 Å².